The Kier molecular flexibility index (Phi) is 3.58. The number of hydrogen-bond donors (Lipinski definition) is 3. The number of benzene rings is 1. The third-order valence-electron chi connectivity index (χ3n) is 3.47. The fourth-order valence-corrected chi connectivity index (χ4v) is 2.55. The van der Waals surface area contributed by atoms with Crippen molar-refractivity contribution in [1.82, 2.24) is 24.6 Å². The summed E-state index contributed by atoms with van der Waals surface area (Å²) in [7, 11) is 0. The molecular formula is C16H11ClN6O2. The molecule has 4 rings (SSSR count). The standard InChI is InChI=1S/C16H11ClN6O2/c17-10-2-1-3-11(7-10)19-13-4-5-23-14(21-13)9(8-18-23)6-12-15(24)22-16(25)20-12/h1-8,24H,(H2,20,22,25)/b9-6-,19-13?. The second-order valence-corrected chi connectivity index (χ2v) is 5.67. The van der Waals surface area contributed by atoms with E-state index in [4.69, 9.17) is 11.6 Å². The Balaban J connectivity index is 1.88. The third-order valence-corrected chi connectivity index (χ3v) is 3.70. The second kappa shape index (κ2) is 5.91. The number of rotatable bonds is 2. The Morgan fingerprint density at radius 1 is 1.28 bits per heavy atom. The van der Waals surface area contributed by atoms with Crippen LogP contribution in [-0.4, -0.2) is 29.7 Å². The average molecular weight is 355 g/mol. The number of halogens is 1. The lowest BCUT2D eigenvalue weighted by molar-refractivity contribution is 0.454. The summed E-state index contributed by atoms with van der Waals surface area (Å²) >= 11 is 5.97. The molecule has 0 aliphatic rings. The van der Waals surface area contributed by atoms with Gasteiger partial charge in [-0.1, -0.05) is 17.7 Å². The van der Waals surface area contributed by atoms with Crippen LogP contribution in [-0.2, 0) is 0 Å². The van der Waals surface area contributed by atoms with E-state index in [9.17, 15) is 9.90 Å². The van der Waals surface area contributed by atoms with Gasteiger partial charge in [0.15, 0.2) is 11.1 Å². The molecule has 3 N–H and O–H groups in total. The lowest BCUT2D eigenvalue weighted by Gasteiger charge is -1.95. The zero-order valence-electron chi connectivity index (χ0n) is 12.6. The van der Waals surface area contributed by atoms with Gasteiger partial charge in [0.2, 0.25) is 5.88 Å². The van der Waals surface area contributed by atoms with Crippen molar-refractivity contribution in [3.05, 3.63) is 74.6 Å². The molecule has 0 fully saturated rings. The van der Waals surface area contributed by atoms with E-state index >= 15 is 0 Å². The van der Waals surface area contributed by atoms with Gasteiger partial charge in [0.05, 0.1) is 11.9 Å². The van der Waals surface area contributed by atoms with Gasteiger partial charge in [0.1, 0.15) is 5.69 Å². The highest BCUT2D eigenvalue weighted by atomic mass is 35.5. The van der Waals surface area contributed by atoms with Gasteiger partial charge in [-0.15, -0.1) is 0 Å². The highest BCUT2D eigenvalue weighted by molar-refractivity contribution is 6.30. The molecule has 1 aromatic carbocycles. The SMILES string of the molecule is O=c1[nH]c(O)c(/C=c2/cnn3ccc(=Nc4cccc(Cl)c4)nc23)[nH]1. The summed E-state index contributed by atoms with van der Waals surface area (Å²) in [6.07, 6.45) is 4.88. The van der Waals surface area contributed by atoms with Crippen LogP contribution in [0.3, 0.4) is 0 Å². The van der Waals surface area contributed by atoms with Gasteiger partial charge in [-0.25, -0.2) is 19.3 Å². The van der Waals surface area contributed by atoms with E-state index in [2.05, 4.69) is 25.0 Å². The molecule has 0 radical (unpaired) electrons. The number of H-pyrrole nitrogens is 2. The number of nitrogens with zero attached hydrogens (tertiary/aromatic N) is 4. The van der Waals surface area contributed by atoms with E-state index in [-0.39, 0.29) is 11.6 Å². The molecule has 9 heteroatoms. The van der Waals surface area contributed by atoms with Crippen LogP contribution in [0.2, 0.25) is 5.02 Å². The molecule has 3 heterocycles. The Bertz CT molecular complexity index is 1250. The van der Waals surface area contributed by atoms with Crippen molar-refractivity contribution >= 4 is 29.0 Å². The number of fused-ring (bicyclic) bond motifs is 1. The zero-order valence-corrected chi connectivity index (χ0v) is 13.4. The predicted octanol–water partition coefficient (Wildman–Crippen LogP) is 0.885. The maximum atomic E-state index is 11.2. The van der Waals surface area contributed by atoms with Gasteiger partial charge >= 0.3 is 5.69 Å². The first-order valence-electron chi connectivity index (χ1n) is 7.26. The quantitative estimate of drug-likeness (QED) is 0.496. The fourth-order valence-electron chi connectivity index (χ4n) is 2.37. The summed E-state index contributed by atoms with van der Waals surface area (Å²) in [5, 5.41) is 15.1. The molecule has 8 nitrogen and oxygen atoms in total. The Labute approximate surface area is 144 Å². The summed E-state index contributed by atoms with van der Waals surface area (Å²) < 4.78 is 1.57. The molecule has 0 atom stereocenters. The van der Waals surface area contributed by atoms with Gasteiger partial charge in [0, 0.05) is 22.5 Å². The summed E-state index contributed by atoms with van der Waals surface area (Å²) in [5.74, 6) is -0.246. The molecule has 0 saturated heterocycles. The van der Waals surface area contributed by atoms with E-state index in [0.29, 0.717) is 27.1 Å². The van der Waals surface area contributed by atoms with E-state index in [1.54, 1.807) is 41.2 Å². The maximum Gasteiger partial charge on any atom is 0.326 e. The van der Waals surface area contributed by atoms with E-state index in [1.165, 1.54) is 0 Å². The molecule has 0 saturated carbocycles. The first-order chi connectivity index (χ1) is 12.1. The molecule has 0 bridgehead atoms. The third kappa shape index (κ3) is 3.02. The smallest absolute Gasteiger partial charge is 0.326 e. The van der Waals surface area contributed by atoms with Crippen LogP contribution >= 0.6 is 11.6 Å². The number of aromatic nitrogens is 5. The number of aromatic hydroxyl groups is 1. The molecular weight excluding hydrogens is 344 g/mol. The zero-order chi connectivity index (χ0) is 17.4. The van der Waals surface area contributed by atoms with Gasteiger partial charge in [-0.3, -0.25) is 4.98 Å². The van der Waals surface area contributed by atoms with Crippen molar-refractivity contribution in [1.29, 1.82) is 0 Å². The molecule has 4 aromatic rings. The van der Waals surface area contributed by atoms with Crippen molar-refractivity contribution < 1.29 is 5.11 Å². The monoisotopic (exact) mass is 354 g/mol. The predicted molar refractivity (Wildman–Crippen MR) is 91.5 cm³/mol. The van der Waals surface area contributed by atoms with Crippen molar-refractivity contribution in [2.45, 2.75) is 0 Å². The summed E-state index contributed by atoms with van der Waals surface area (Å²) in [6.45, 7) is 0. The van der Waals surface area contributed by atoms with E-state index in [1.807, 2.05) is 12.1 Å². The summed E-state index contributed by atoms with van der Waals surface area (Å²) in [6, 6.07) is 8.86. The number of nitrogens with one attached hydrogen (secondary N) is 2. The van der Waals surface area contributed by atoms with Crippen LogP contribution in [0, 0.1) is 0 Å². The summed E-state index contributed by atoms with van der Waals surface area (Å²) in [5.41, 5.74) is 1.45. The van der Waals surface area contributed by atoms with Crippen molar-refractivity contribution in [3.8, 4) is 5.88 Å². The minimum atomic E-state index is -0.496. The van der Waals surface area contributed by atoms with Crippen LogP contribution < -0.4 is 16.4 Å². The van der Waals surface area contributed by atoms with Gasteiger partial charge in [0.25, 0.3) is 0 Å². The Morgan fingerprint density at radius 2 is 2.16 bits per heavy atom. The van der Waals surface area contributed by atoms with Crippen molar-refractivity contribution in [2.24, 2.45) is 4.99 Å². The molecule has 0 amide bonds. The fraction of sp³-hybridized carbons (Fsp3) is 0. The molecule has 0 aliphatic heterocycles. The molecule has 0 spiro atoms. The largest absolute Gasteiger partial charge is 0.493 e. The van der Waals surface area contributed by atoms with E-state index in [0.717, 1.165) is 0 Å². The summed E-state index contributed by atoms with van der Waals surface area (Å²) in [4.78, 5) is 24.9. The molecule has 25 heavy (non-hydrogen) atoms. The van der Waals surface area contributed by atoms with Gasteiger partial charge < -0.3 is 10.1 Å². The Morgan fingerprint density at radius 3 is 2.92 bits per heavy atom. The molecule has 3 aromatic heterocycles. The highest BCUT2D eigenvalue weighted by Gasteiger charge is 2.04. The van der Waals surface area contributed by atoms with Crippen molar-refractivity contribution in [3.63, 3.8) is 0 Å². The number of hydrogen-bond acceptors (Lipinski definition) is 5. The van der Waals surface area contributed by atoms with Crippen LogP contribution in [0.15, 0.2) is 52.5 Å². The van der Waals surface area contributed by atoms with Crippen LogP contribution in [0.5, 0.6) is 5.88 Å². The first-order valence-corrected chi connectivity index (χ1v) is 7.64. The minimum absolute atomic E-state index is 0.246. The molecule has 0 aliphatic carbocycles. The number of imidazole rings is 1. The highest BCUT2D eigenvalue weighted by Crippen LogP contribution is 2.16. The first kappa shape index (κ1) is 15.2. The maximum absolute atomic E-state index is 11.2. The van der Waals surface area contributed by atoms with Crippen molar-refractivity contribution in [2.75, 3.05) is 0 Å². The lowest BCUT2D eigenvalue weighted by atomic mass is 10.3. The molecule has 0 unspecified atom stereocenters. The van der Waals surface area contributed by atoms with Crippen LogP contribution in [0.1, 0.15) is 5.69 Å². The van der Waals surface area contributed by atoms with Crippen LogP contribution in [0.25, 0.3) is 11.7 Å². The Hall–Kier alpha value is -3.39. The normalized spacial score (nSPS) is 13.0. The van der Waals surface area contributed by atoms with E-state index < -0.39 is 5.69 Å². The van der Waals surface area contributed by atoms with Gasteiger partial charge in [-0.2, -0.15) is 5.10 Å². The van der Waals surface area contributed by atoms with Crippen LogP contribution in [0.4, 0.5) is 5.69 Å². The number of aromatic amines is 2. The average Bonchev–Trinajstić information content (AvgIpc) is 3.11. The van der Waals surface area contributed by atoms with Gasteiger partial charge in [-0.05, 0) is 24.3 Å². The molecule has 124 valence electrons. The topological polar surface area (TPSA) is 111 Å². The second-order valence-electron chi connectivity index (χ2n) is 5.23. The minimum Gasteiger partial charge on any atom is -0.493 e. The lowest BCUT2D eigenvalue weighted by Crippen LogP contribution is -2.12.